The van der Waals surface area contributed by atoms with Crippen LogP contribution in [0.1, 0.15) is 149 Å². The molecule has 3 unspecified atom stereocenters. The maximum absolute atomic E-state index is 12.6. The summed E-state index contributed by atoms with van der Waals surface area (Å²) in [5.74, 6) is -1.82. The summed E-state index contributed by atoms with van der Waals surface area (Å²) < 4.78 is 33.2. The number of unbranched alkanes of at least 4 members (excludes halogenated alkanes) is 11. The van der Waals surface area contributed by atoms with E-state index in [2.05, 4.69) is 98.9 Å². The summed E-state index contributed by atoms with van der Waals surface area (Å²) in [7, 11) is -4.63. The van der Waals surface area contributed by atoms with Crippen LogP contribution in [-0.4, -0.2) is 60.5 Å². The van der Waals surface area contributed by atoms with Crippen LogP contribution in [0.15, 0.2) is 85.1 Å². The predicted octanol–water partition coefficient (Wildman–Crippen LogP) is 11.6. The van der Waals surface area contributed by atoms with Gasteiger partial charge in [0.1, 0.15) is 12.1 Å². The summed E-state index contributed by atoms with van der Waals surface area (Å²) in [6, 6.07) is -1.48. The van der Waals surface area contributed by atoms with Gasteiger partial charge in [0.05, 0.1) is 19.8 Å². The molecule has 0 aliphatic heterocycles. The lowest BCUT2D eigenvalue weighted by Gasteiger charge is -2.20. The molecule has 320 valence electrons. The van der Waals surface area contributed by atoms with Gasteiger partial charge in [-0.2, -0.15) is 0 Å². The molecule has 0 aliphatic rings. The van der Waals surface area contributed by atoms with Gasteiger partial charge in [-0.15, -0.1) is 0 Å². The highest BCUT2D eigenvalue weighted by molar-refractivity contribution is 7.47. The minimum atomic E-state index is -4.63. The normalized spacial score (nSPS) is 14.8. The third-order valence-corrected chi connectivity index (χ3v) is 9.34. The van der Waals surface area contributed by atoms with Gasteiger partial charge in [0.2, 0.25) is 0 Å². The number of rotatable bonds is 39. The zero-order valence-corrected chi connectivity index (χ0v) is 35.6. The zero-order valence-electron chi connectivity index (χ0n) is 34.7. The van der Waals surface area contributed by atoms with Crippen LogP contribution in [0.2, 0.25) is 0 Å². The maximum atomic E-state index is 12.6. The Kier molecular flexibility index (Phi) is 38.3. The Morgan fingerprint density at radius 1 is 0.589 bits per heavy atom. The molecule has 0 aromatic rings. The Morgan fingerprint density at radius 2 is 1.04 bits per heavy atom. The third kappa shape index (κ3) is 39.4. The van der Waals surface area contributed by atoms with E-state index in [1.807, 2.05) is 0 Å². The number of phosphoric ester groups is 1. The molecule has 11 heteroatoms. The van der Waals surface area contributed by atoms with Gasteiger partial charge in [0.15, 0.2) is 0 Å². The number of hydrogen-bond acceptors (Lipinski definition) is 8. The van der Waals surface area contributed by atoms with Crippen LogP contribution < -0.4 is 5.73 Å². The van der Waals surface area contributed by atoms with Crippen LogP contribution in [0.4, 0.5) is 0 Å². The van der Waals surface area contributed by atoms with Crippen molar-refractivity contribution in [2.75, 3.05) is 26.4 Å². The van der Waals surface area contributed by atoms with Gasteiger partial charge in [-0.05, 0) is 83.5 Å². The number of carbonyl (C=O) groups is 2. The molecule has 0 aromatic heterocycles. The Morgan fingerprint density at radius 3 is 1.57 bits per heavy atom. The first-order chi connectivity index (χ1) is 27.2. The smallest absolute Gasteiger partial charge is 0.472 e. The van der Waals surface area contributed by atoms with Crippen LogP contribution >= 0.6 is 7.82 Å². The number of allylic oxidation sites excluding steroid dienone is 14. The van der Waals surface area contributed by atoms with Gasteiger partial charge in [0.25, 0.3) is 0 Å². The van der Waals surface area contributed by atoms with E-state index >= 15 is 0 Å². The lowest BCUT2D eigenvalue weighted by Crippen LogP contribution is -2.34. The van der Waals surface area contributed by atoms with Crippen LogP contribution in [0.25, 0.3) is 0 Å². The van der Waals surface area contributed by atoms with Crippen molar-refractivity contribution in [3.63, 3.8) is 0 Å². The summed E-state index contributed by atoms with van der Waals surface area (Å²) in [6.45, 7) is 3.63. The number of esters is 1. The molecule has 0 aliphatic carbocycles. The van der Waals surface area contributed by atoms with Crippen LogP contribution in [0.5, 0.6) is 0 Å². The average molecular weight is 806 g/mol. The van der Waals surface area contributed by atoms with Crippen LogP contribution in [-0.2, 0) is 32.7 Å². The molecule has 0 rings (SSSR count). The van der Waals surface area contributed by atoms with E-state index in [9.17, 15) is 19.0 Å². The average Bonchev–Trinajstić information content (AvgIpc) is 3.18. The number of ether oxygens (including phenoxy) is 2. The van der Waals surface area contributed by atoms with Crippen LogP contribution in [0, 0.1) is 0 Å². The van der Waals surface area contributed by atoms with Gasteiger partial charge in [-0.3, -0.25) is 18.6 Å². The van der Waals surface area contributed by atoms with E-state index in [4.69, 9.17) is 29.4 Å². The molecule has 10 nitrogen and oxygen atoms in total. The third-order valence-electron chi connectivity index (χ3n) is 8.39. The highest BCUT2D eigenvalue weighted by Crippen LogP contribution is 2.43. The molecular formula is C45H76NO9P. The van der Waals surface area contributed by atoms with Crippen molar-refractivity contribution in [1.82, 2.24) is 0 Å². The van der Waals surface area contributed by atoms with Crippen molar-refractivity contribution in [2.45, 2.75) is 161 Å². The minimum absolute atomic E-state index is 0.00354. The predicted molar refractivity (Wildman–Crippen MR) is 230 cm³/mol. The van der Waals surface area contributed by atoms with Gasteiger partial charge in [0, 0.05) is 13.0 Å². The molecule has 0 saturated carbocycles. The second-order valence-corrected chi connectivity index (χ2v) is 15.2. The molecule has 0 fully saturated rings. The highest BCUT2D eigenvalue weighted by atomic mass is 31.2. The monoisotopic (exact) mass is 806 g/mol. The van der Waals surface area contributed by atoms with E-state index in [0.29, 0.717) is 13.0 Å². The lowest BCUT2D eigenvalue weighted by molar-refractivity contribution is -0.154. The minimum Gasteiger partial charge on any atom is -0.480 e. The van der Waals surface area contributed by atoms with Crippen molar-refractivity contribution in [3.8, 4) is 0 Å². The fourth-order valence-electron chi connectivity index (χ4n) is 5.14. The van der Waals surface area contributed by atoms with E-state index in [1.54, 1.807) is 0 Å². The Labute approximate surface area is 339 Å². The molecule has 0 spiro atoms. The second-order valence-electron chi connectivity index (χ2n) is 13.7. The Balaban J connectivity index is 4.30. The highest BCUT2D eigenvalue weighted by Gasteiger charge is 2.27. The van der Waals surface area contributed by atoms with Crippen molar-refractivity contribution in [1.29, 1.82) is 0 Å². The quantitative estimate of drug-likeness (QED) is 0.0237. The van der Waals surface area contributed by atoms with Crippen molar-refractivity contribution in [3.05, 3.63) is 85.1 Å². The van der Waals surface area contributed by atoms with Gasteiger partial charge in [-0.25, -0.2) is 4.57 Å². The van der Waals surface area contributed by atoms with Crippen LogP contribution in [0.3, 0.4) is 0 Å². The fourth-order valence-corrected chi connectivity index (χ4v) is 5.91. The number of carboxylic acid groups (broad SMARTS) is 1. The summed E-state index contributed by atoms with van der Waals surface area (Å²) in [5, 5.41) is 8.88. The van der Waals surface area contributed by atoms with Crippen molar-refractivity contribution >= 4 is 19.8 Å². The van der Waals surface area contributed by atoms with Crippen molar-refractivity contribution < 1.29 is 42.7 Å². The van der Waals surface area contributed by atoms with E-state index in [-0.39, 0.29) is 13.0 Å². The molecule has 0 heterocycles. The van der Waals surface area contributed by atoms with E-state index in [0.717, 1.165) is 96.3 Å². The summed E-state index contributed by atoms with van der Waals surface area (Å²) >= 11 is 0. The SMILES string of the molecule is CC/C=C\C/C=C\C/C=C\C/C=C\C/C=C\C/C=C\CCCCCCC(=O)OC(COCCCCCCCC/C=C\CCC)COP(=O)(O)OCC(N)C(=O)O. The number of carbonyl (C=O) groups excluding carboxylic acids is 1. The summed E-state index contributed by atoms with van der Waals surface area (Å²) in [5.41, 5.74) is 5.34. The molecule has 56 heavy (non-hydrogen) atoms. The number of nitrogens with two attached hydrogens (primary N) is 1. The van der Waals surface area contributed by atoms with Gasteiger partial charge < -0.3 is 25.2 Å². The molecule has 0 bridgehead atoms. The molecule has 3 atom stereocenters. The standard InChI is InChI=1S/C45H76NO9P/c1-3-5-7-9-11-13-15-16-17-18-19-20-21-22-23-24-25-26-27-29-31-33-35-37-44(47)55-42(40-53-56(50,51)54-41-43(46)45(48)49)39-52-38-36-34-32-30-28-14-12-10-8-6-4-2/h5,7-8,10-11,13,16-17,19-20,22-23,25-26,42-43H,3-4,6,9,12,14-15,18,21,24,27-41,46H2,1-2H3,(H,48,49)(H,50,51)/b7-5-,10-8-,13-11-,17-16-,20-19-,23-22-,26-25-. The number of aliphatic carboxylic acids is 1. The van der Waals surface area contributed by atoms with Crippen molar-refractivity contribution in [2.24, 2.45) is 5.73 Å². The number of phosphoric acid groups is 1. The Bertz CT molecular complexity index is 1210. The second kappa shape index (κ2) is 40.4. The van der Waals surface area contributed by atoms with E-state index < -0.39 is 45.1 Å². The lowest BCUT2D eigenvalue weighted by atomic mass is 10.1. The maximum Gasteiger partial charge on any atom is 0.472 e. The topological polar surface area (TPSA) is 155 Å². The Hall–Kier alpha value is -2.85. The zero-order chi connectivity index (χ0) is 41.2. The molecule has 0 saturated heterocycles. The molecule has 0 amide bonds. The fraction of sp³-hybridized carbons (Fsp3) is 0.644. The number of carboxylic acids is 1. The molecule has 0 aromatic carbocycles. The molecule has 0 radical (unpaired) electrons. The van der Waals surface area contributed by atoms with Gasteiger partial charge >= 0.3 is 19.8 Å². The largest absolute Gasteiger partial charge is 0.480 e. The first-order valence-electron chi connectivity index (χ1n) is 21.1. The summed E-state index contributed by atoms with van der Waals surface area (Å²) in [6.07, 6.45) is 50.7. The molecule has 4 N–H and O–H groups in total. The number of hydrogen-bond donors (Lipinski definition) is 3. The first-order valence-corrected chi connectivity index (χ1v) is 22.6. The molecular weight excluding hydrogens is 729 g/mol. The van der Waals surface area contributed by atoms with E-state index in [1.165, 1.54) is 25.7 Å². The van der Waals surface area contributed by atoms with Gasteiger partial charge in [-0.1, -0.05) is 144 Å². The summed E-state index contributed by atoms with van der Waals surface area (Å²) in [4.78, 5) is 33.5. The first kappa shape index (κ1) is 53.1.